The van der Waals surface area contributed by atoms with Crippen LogP contribution in [0, 0.1) is 5.92 Å². The summed E-state index contributed by atoms with van der Waals surface area (Å²) in [6, 6.07) is 5.78. The molecule has 0 saturated heterocycles. The molecular weight excluding hydrogens is 310 g/mol. The van der Waals surface area contributed by atoms with E-state index in [9.17, 15) is 0 Å². The second-order valence-electron chi connectivity index (χ2n) is 4.93. The lowest BCUT2D eigenvalue weighted by Gasteiger charge is -2.29. The number of hydrogen-bond acceptors (Lipinski definition) is 2. The van der Waals surface area contributed by atoms with Crippen LogP contribution < -0.4 is 10.5 Å². The molecule has 0 radical (unpaired) electrons. The van der Waals surface area contributed by atoms with E-state index in [-0.39, 0.29) is 0 Å². The van der Waals surface area contributed by atoms with Crippen molar-refractivity contribution < 1.29 is 4.74 Å². The molecule has 2 nitrogen and oxygen atoms in total. The third-order valence-electron chi connectivity index (χ3n) is 3.53. The summed E-state index contributed by atoms with van der Waals surface area (Å²) in [5, 5.41) is 0. The Morgan fingerprint density at radius 1 is 1.39 bits per heavy atom. The minimum Gasteiger partial charge on any atom is -0.489 e. The lowest BCUT2D eigenvalue weighted by atomic mass is 9.88. The lowest BCUT2D eigenvalue weighted by Crippen LogP contribution is -2.28. The Bertz CT molecular complexity index is 449. The van der Waals surface area contributed by atoms with E-state index in [0.29, 0.717) is 17.0 Å². The van der Waals surface area contributed by atoms with Crippen LogP contribution in [-0.4, -0.2) is 11.1 Å². The molecule has 0 heterocycles. The Labute approximate surface area is 122 Å². The van der Waals surface area contributed by atoms with Crippen LogP contribution in [0.15, 0.2) is 22.7 Å². The molecule has 0 amide bonds. The summed E-state index contributed by atoms with van der Waals surface area (Å²) >= 11 is 8.48. The van der Waals surface area contributed by atoms with Crippen molar-refractivity contribution in [2.45, 2.75) is 38.7 Å². The van der Waals surface area contributed by atoms with Crippen LogP contribution in [0.2, 0.25) is 0 Å². The number of halogens is 1. The maximum absolute atomic E-state index is 6.10. The molecule has 0 spiro atoms. The van der Waals surface area contributed by atoms with E-state index >= 15 is 0 Å². The van der Waals surface area contributed by atoms with Crippen molar-refractivity contribution in [3.05, 3.63) is 28.2 Å². The predicted molar refractivity (Wildman–Crippen MR) is 82.1 cm³/mol. The highest BCUT2D eigenvalue weighted by Gasteiger charge is 2.23. The predicted octanol–water partition coefficient (Wildman–Crippen LogP) is 4.04. The third-order valence-corrected chi connectivity index (χ3v) is 4.38. The van der Waals surface area contributed by atoms with E-state index in [2.05, 4.69) is 22.9 Å². The summed E-state index contributed by atoms with van der Waals surface area (Å²) in [5.74, 6) is 1.51. The minimum absolute atomic E-state index is 0.325. The molecule has 1 aliphatic rings. The Balaban J connectivity index is 2.11. The van der Waals surface area contributed by atoms with Crippen molar-refractivity contribution in [3.8, 4) is 5.75 Å². The van der Waals surface area contributed by atoms with Crippen molar-refractivity contribution in [3.63, 3.8) is 0 Å². The number of rotatable bonds is 3. The van der Waals surface area contributed by atoms with Gasteiger partial charge in [0.1, 0.15) is 16.8 Å². The number of ether oxygens (including phenoxy) is 1. The first-order valence-electron chi connectivity index (χ1n) is 6.34. The van der Waals surface area contributed by atoms with Gasteiger partial charge in [0.25, 0.3) is 0 Å². The molecule has 1 aliphatic carbocycles. The monoisotopic (exact) mass is 327 g/mol. The van der Waals surface area contributed by atoms with E-state index < -0.39 is 0 Å². The maximum atomic E-state index is 6.10. The topological polar surface area (TPSA) is 35.2 Å². The van der Waals surface area contributed by atoms with Crippen LogP contribution >= 0.6 is 28.1 Å². The molecule has 2 atom stereocenters. The molecular formula is C14H18BrNOS. The Kier molecular flexibility index (Phi) is 4.62. The van der Waals surface area contributed by atoms with Gasteiger partial charge in [-0.05, 0) is 59.3 Å². The van der Waals surface area contributed by atoms with E-state index in [1.807, 2.05) is 18.2 Å². The molecule has 2 N–H and O–H groups in total. The number of thiocarbonyl (C=S) groups is 1. The summed E-state index contributed by atoms with van der Waals surface area (Å²) < 4.78 is 7.02. The molecule has 1 saturated carbocycles. The van der Waals surface area contributed by atoms with Crippen LogP contribution in [0.5, 0.6) is 5.75 Å². The highest BCUT2D eigenvalue weighted by Crippen LogP contribution is 2.32. The smallest absolute Gasteiger partial charge is 0.133 e. The van der Waals surface area contributed by atoms with Gasteiger partial charge in [-0.25, -0.2) is 0 Å². The van der Waals surface area contributed by atoms with Crippen molar-refractivity contribution in [1.29, 1.82) is 0 Å². The zero-order valence-electron chi connectivity index (χ0n) is 10.5. The molecule has 2 rings (SSSR count). The average molecular weight is 328 g/mol. The Morgan fingerprint density at radius 2 is 2.11 bits per heavy atom. The molecule has 0 bridgehead atoms. The fourth-order valence-corrected chi connectivity index (χ4v) is 2.97. The van der Waals surface area contributed by atoms with Gasteiger partial charge in [-0.1, -0.05) is 25.6 Å². The molecule has 1 aromatic rings. The van der Waals surface area contributed by atoms with Crippen LogP contribution in [0.4, 0.5) is 0 Å². The first kappa shape index (κ1) is 13.8. The Hall–Kier alpha value is -0.610. The number of nitrogens with two attached hydrogens (primary N) is 1. The quantitative estimate of drug-likeness (QED) is 0.851. The van der Waals surface area contributed by atoms with Crippen molar-refractivity contribution in [2.75, 3.05) is 0 Å². The molecule has 1 fully saturated rings. The van der Waals surface area contributed by atoms with Gasteiger partial charge in [-0.3, -0.25) is 0 Å². The first-order chi connectivity index (χ1) is 8.58. The van der Waals surface area contributed by atoms with Gasteiger partial charge in [-0.15, -0.1) is 0 Å². The fourth-order valence-electron chi connectivity index (χ4n) is 2.37. The highest BCUT2D eigenvalue weighted by molar-refractivity contribution is 9.10. The third kappa shape index (κ3) is 3.23. The van der Waals surface area contributed by atoms with Gasteiger partial charge >= 0.3 is 0 Å². The number of hydrogen-bond donors (Lipinski definition) is 1. The summed E-state index contributed by atoms with van der Waals surface area (Å²) in [5.41, 5.74) is 6.47. The van der Waals surface area contributed by atoms with Gasteiger partial charge in [-0.2, -0.15) is 0 Å². The van der Waals surface area contributed by atoms with Crippen molar-refractivity contribution in [2.24, 2.45) is 11.7 Å². The van der Waals surface area contributed by atoms with Crippen molar-refractivity contribution in [1.82, 2.24) is 0 Å². The maximum Gasteiger partial charge on any atom is 0.133 e. The first-order valence-corrected chi connectivity index (χ1v) is 7.54. The molecule has 4 heteroatoms. The van der Waals surface area contributed by atoms with Crippen LogP contribution in [0.3, 0.4) is 0 Å². The zero-order chi connectivity index (χ0) is 13.1. The van der Waals surface area contributed by atoms with Crippen LogP contribution in [0.25, 0.3) is 0 Å². The molecule has 2 unspecified atom stereocenters. The van der Waals surface area contributed by atoms with Gasteiger partial charge in [0.15, 0.2) is 0 Å². The molecule has 1 aromatic carbocycles. The summed E-state index contributed by atoms with van der Waals surface area (Å²) in [7, 11) is 0. The summed E-state index contributed by atoms with van der Waals surface area (Å²) in [6.45, 7) is 2.26. The molecule has 18 heavy (non-hydrogen) atoms. The largest absolute Gasteiger partial charge is 0.489 e. The SMILES string of the molecule is CC1CCCCC1Oc1ccc(C(N)=S)cc1Br. The lowest BCUT2D eigenvalue weighted by molar-refractivity contribution is 0.102. The molecule has 0 aliphatic heterocycles. The molecule has 0 aromatic heterocycles. The Morgan fingerprint density at radius 3 is 2.72 bits per heavy atom. The molecule has 98 valence electrons. The van der Waals surface area contributed by atoms with E-state index in [0.717, 1.165) is 22.2 Å². The van der Waals surface area contributed by atoms with E-state index in [1.54, 1.807) is 0 Å². The van der Waals surface area contributed by atoms with Gasteiger partial charge < -0.3 is 10.5 Å². The van der Waals surface area contributed by atoms with E-state index in [1.165, 1.54) is 19.3 Å². The second kappa shape index (κ2) is 6.02. The van der Waals surface area contributed by atoms with Gasteiger partial charge in [0.05, 0.1) is 4.47 Å². The normalized spacial score (nSPS) is 23.7. The summed E-state index contributed by atoms with van der Waals surface area (Å²) in [6.07, 6.45) is 5.31. The minimum atomic E-state index is 0.325. The van der Waals surface area contributed by atoms with Crippen LogP contribution in [0.1, 0.15) is 38.2 Å². The van der Waals surface area contributed by atoms with Gasteiger partial charge in [0.2, 0.25) is 0 Å². The second-order valence-corrected chi connectivity index (χ2v) is 6.22. The van der Waals surface area contributed by atoms with E-state index in [4.69, 9.17) is 22.7 Å². The van der Waals surface area contributed by atoms with Crippen LogP contribution in [-0.2, 0) is 0 Å². The standard InChI is InChI=1S/C14H18BrNOS/c1-9-4-2-3-5-12(9)17-13-7-6-10(14(16)18)8-11(13)15/h6-9,12H,2-5H2,1H3,(H2,16,18). The number of benzene rings is 1. The average Bonchev–Trinajstić information content (AvgIpc) is 2.34. The zero-order valence-corrected chi connectivity index (χ0v) is 12.9. The van der Waals surface area contributed by atoms with Gasteiger partial charge in [0, 0.05) is 5.56 Å². The fraction of sp³-hybridized carbons (Fsp3) is 0.500. The van der Waals surface area contributed by atoms with Crippen molar-refractivity contribution >= 4 is 33.1 Å². The summed E-state index contributed by atoms with van der Waals surface area (Å²) in [4.78, 5) is 0.410. The highest BCUT2D eigenvalue weighted by atomic mass is 79.9.